The molecule has 4 atom stereocenters. The van der Waals surface area contributed by atoms with Crippen LogP contribution < -0.4 is 0 Å². The second-order valence-corrected chi connectivity index (χ2v) is 7.69. The maximum atomic E-state index is 13.1. The van der Waals surface area contributed by atoms with Gasteiger partial charge in [0.05, 0.1) is 24.7 Å². The number of hydrogen-bond donors (Lipinski definition) is 3. The SMILES string of the molecule is CC(C)[C@@H]1CC(=O)N(Cc2ccc(F)cc2)[C@@H]1/C=C/[C@@H](O)C[C@@H](O)CC(=O)O. The van der Waals surface area contributed by atoms with Crippen LogP contribution in [0.1, 0.15) is 38.7 Å². The van der Waals surface area contributed by atoms with Crippen LogP contribution in [0.4, 0.5) is 4.39 Å². The first kappa shape index (κ1) is 22.0. The highest BCUT2D eigenvalue weighted by Gasteiger charge is 2.39. The van der Waals surface area contributed by atoms with E-state index in [-0.39, 0.29) is 36.0 Å². The van der Waals surface area contributed by atoms with Gasteiger partial charge in [0.25, 0.3) is 0 Å². The molecular weight excluding hydrogens is 365 g/mol. The van der Waals surface area contributed by atoms with Crippen molar-refractivity contribution >= 4 is 11.9 Å². The highest BCUT2D eigenvalue weighted by atomic mass is 19.1. The van der Waals surface area contributed by atoms with Crippen molar-refractivity contribution in [2.24, 2.45) is 11.8 Å². The summed E-state index contributed by atoms with van der Waals surface area (Å²) in [6.45, 7) is 4.41. The summed E-state index contributed by atoms with van der Waals surface area (Å²) >= 11 is 0. The summed E-state index contributed by atoms with van der Waals surface area (Å²) in [5, 5.41) is 28.5. The number of nitrogens with zero attached hydrogens (tertiary/aromatic N) is 1. The van der Waals surface area contributed by atoms with Gasteiger partial charge in [-0.3, -0.25) is 9.59 Å². The molecule has 0 radical (unpaired) electrons. The van der Waals surface area contributed by atoms with Gasteiger partial charge in [-0.15, -0.1) is 0 Å². The summed E-state index contributed by atoms with van der Waals surface area (Å²) in [7, 11) is 0. The highest BCUT2D eigenvalue weighted by Crippen LogP contribution is 2.33. The number of carboxylic acids is 1. The van der Waals surface area contributed by atoms with Crippen molar-refractivity contribution in [3.8, 4) is 0 Å². The van der Waals surface area contributed by atoms with Crippen LogP contribution in [0.2, 0.25) is 0 Å². The number of aliphatic hydroxyl groups is 2. The minimum absolute atomic E-state index is 0.00178. The molecule has 0 unspecified atom stereocenters. The predicted molar refractivity (Wildman–Crippen MR) is 102 cm³/mol. The first-order valence-corrected chi connectivity index (χ1v) is 9.47. The molecule has 6 nitrogen and oxygen atoms in total. The number of carbonyl (C=O) groups is 2. The summed E-state index contributed by atoms with van der Waals surface area (Å²) < 4.78 is 13.1. The van der Waals surface area contributed by atoms with Gasteiger partial charge < -0.3 is 20.2 Å². The van der Waals surface area contributed by atoms with E-state index in [1.54, 1.807) is 23.1 Å². The zero-order valence-corrected chi connectivity index (χ0v) is 16.2. The second kappa shape index (κ2) is 9.80. The van der Waals surface area contributed by atoms with E-state index in [9.17, 15) is 24.2 Å². The molecule has 0 aliphatic carbocycles. The molecule has 2 rings (SSSR count). The Balaban J connectivity index is 2.11. The fourth-order valence-electron chi connectivity index (χ4n) is 3.58. The van der Waals surface area contributed by atoms with Gasteiger partial charge in [-0.25, -0.2) is 4.39 Å². The van der Waals surface area contributed by atoms with Crippen molar-refractivity contribution in [3.63, 3.8) is 0 Å². The van der Waals surface area contributed by atoms with Gasteiger partial charge in [0, 0.05) is 19.4 Å². The third-order valence-electron chi connectivity index (χ3n) is 5.11. The smallest absolute Gasteiger partial charge is 0.305 e. The van der Waals surface area contributed by atoms with Crippen LogP contribution in [-0.4, -0.2) is 50.3 Å². The molecular formula is C21H28FNO5. The first-order valence-electron chi connectivity index (χ1n) is 9.47. The van der Waals surface area contributed by atoms with E-state index in [4.69, 9.17) is 5.11 Å². The quantitative estimate of drug-likeness (QED) is 0.560. The van der Waals surface area contributed by atoms with Gasteiger partial charge >= 0.3 is 5.97 Å². The molecule has 1 aliphatic heterocycles. The number of carboxylic acid groups (broad SMARTS) is 1. The number of aliphatic carboxylic acids is 1. The molecule has 1 heterocycles. The van der Waals surface area contributed by atoms with Crippen molar-refractivity contribution in [3.05, 3.63) is 47.8 Å². The van der Waals surface area contributed by atoms with Crippen molar-refractivity contribution in [1.82, 2.24) is 4.90 Å². The van der Waals surface area contributed by atoms with Gasteiger partial charge in [0.2, 0.25) is 5.91 Å². The molecule has 0 saturated carbocycles. The molecule has 1 aliphatic rings. The lowest BCUT2D eigenvalue weighted by Crippen LogP contribution is -2.35. The number of likely N-dealkylation sites (tertiary alicyclic amines) is 1. The topological polar surface area (TPSA) is 98.1 Å². The lowest BCUT2D eigenvalue weighted by atomic mass is 9.88. The monoisotopic (exact) mass is 393 g/mol. The number of amides is 1. The summed E-state index contributed by atoms with van der Waals surface area (Å²) in [6.07, 6.45) is 1.000. The van der Waals surface area contributed by atoms with Crippen LogP contribution in [0.15, 0.2) is 36.4 Å². The Morgan fingerprint density at radius 2 is 1.93 bits per heavy atom. The molecule has 3 N–H and O–H groups in total. The zero-order valence-electron chi connectivity index (χ0n) is 16.2. The number of carbonyl (C=O) groups excluding carboxylic acids is 1. The Labute approximate surface area is 164 Å². The average molecular weight is 393 g/mol. The lowest BCUT2D eigenvalue weighted by molar-refractivity contribution is -0.139. The molecule has 7 heteroatoms. The van der Waals surface area contributed by atoms with E-state index in [1.807, 2.05) is 13.8 Å². The summed E-state index contributed by atoms with van der Waals surface area (Å²) in [6, 6.07) is 5.76. The Kier molecular flexibility index (Phi) is 7.71. The molecule has 1 fully saturated rings. The number of rotatable bonds is 9. The molecule has 154 valence electrons. The molecule has 1 saturated heterocycles. The first-order chi connectivity index (χ1) is 13.2. The van der Waals surface area contributed by atoms with Crippen LogP contribution >= 0.6 is 0 Å². The van der Waals surface area contributed by atoms with Crippen LogP contribution in [0.3, 0.4) is 0 Å². The number of hydrogen-bond acceptors (Lipinski definition) is 4. The molecule has 0 aromatic heterocycles. The van der Waals surface area contributed by atoms with Crippen LogP contribution in [0, 0.1) is 17.7 Å². The van der Waals surface area contributed by atoms with Crippen LogP contribution in [0.5, 0.6) is 0 Å². The largest absolute Gasteiger partial charge is 0.481 e. The van der Waals surface area contributed by atoms with Crippen molar-refractivity contribution in [1.29, 1.82) is 0 Å². The van der Waals surface area contributed by atoms with Gasteiger partial charge in [0.15, 0.2) is 0 Å². The maximum absolute atomic E-state index is 13.1. The molecule has 0 spiro atoms. The van der Waals surface area contributed by atoms with Crippen LogP contribution in [-0.2, 0) is 16.1 Å². The second-order valence-electron chi connectivity index (χ2n) is 7.69. The molecule has 1 amide bonds. The van der Waals surface area contributed by atoms with Crippen LogP contribution in [0.25, 0.3) is 0 Å². The number of halogens is 1. The Bertz CT molecular complexity index is 703. The lowest BCUT2D eigenvalue weighted by Gasteiger charge is -2.28. The summed E-state index contributed by atoms with van der Waals surface area (Å²) in [5.74, 6) is -1.16. The van der Waals surface area contributed by atoms with Crippen molar-refractivity contribution in [2.45, 2.75) is 57.9 Å². The third kappa shape index (κ3) is 6.14. The molecule has 1 aromatic carbocycles. The van der Waals surface area contributed by atoms with Crippen molar-refractivity contribution in [2.75, 3.05) is 0 Å². The number of aliphatic hydroxyl groups excluding tert-OH is 2. The average Bonchev–Trinajstić information content (AvgIpc) is 2.90. The maximum Gasteiger partial charge on any atom is 0.305 e. The van der Waals surface area contributed by atoms with Gasteiger partial charge in [-0.1, -0.05) is 38.1 Å². The summed E-state index contributed by atoms with van der Waals surface area (Å²) in [4.78, 5) is 24.9. The van der Waals surface area contributed by atoms with E-state index in [2.05, 4.69) is 0 Å². The minimum atomic E-state index is -1.14. The van der Waals surface area contributed by atoms with Gasteiger partial charge in [-0.05, 0) is 29.5 Å². The number of benzene rings is 1. The standard InChI is InChI=1S/C21H28FNO5/c1-13(2)18-11-20(26)23(12-14-3-5-15(22)6-4-14)19(18)8-7-16(24)9-17(25)10-21(27)28/h3-8,13,16-19,24-25H,9-12H2,1-2H3,(H,27,28)/b8-7+/t16-,17-,18+,19-/m1/s1. The van der Waals surface area contributed by atoms with E-state index < -0.39 is 24.6 Å². The third-order valence-corrected chi connectivity index (χ3v) is 5.11. The fraction of sp³-hybridized carbons (Fsp3) is 0.524. The summed E-state index contributed by atoms with van der Waals surface area (Å²) in [5.41, 5.74) is 0.815. The fourth-order valence-corrected chi connectivity index (χ4v) is 3.58. The molecule has 28 heavy (non-hydrogen) atoms. The Hall–Kier alpha value is -2.25. The van der Waals surface area contributed by atoms with Gasteiger partial charge in [0.1, 0.15) is 5.82 Å². The molecule has 0 bridgehead atoms. The Morgan fingerprint density at radius 3 is 2.50 bits per heavy atom. The van der Waals surface area contributed by atoms with E-state index in [0.717, 1.165) is 5.56 Å². The minimum Gasteiger partial charge on any atom is -0.481 e. The van der Waals surface area contributed by atoms with E-state index >= 15 is 0 Å². The van der Waals surface area contributed by atoms with E-state index in [1.165, 1.54) is 18.2 Å². The highest BCUT2D eigenvalue weighted by molar-refractivity contribution is 5.79. The Morgan fingerprint density at radius 1 is 1.29 bits per heavy atom. The zero-order chi connectivity index (χ0) is 20.8. The van der Waals surface area contributed by atoms with E-state index in [0.29, 0.717) is 13.0 Å². The predicted octanol–water partition coefficient (Wildman–Crippen LogP) is 2.34. The molecule has 1 aromatic rings. The van der Waals surface area contributed by atoms with Crippen molar-refractivity contribution < 1.29 is 29.3 Å². The van der Waals surface area contributed by atoms with Gasteiger partial charge in [-0.2, -0.15) is 0 Å². The normalized spacial score (nSPS) is 22.2.